The van der Waals surface area contributed by atoms with Gasteiger partial charge in [-0.15, -0.1) is 0 Å². The van der Waals surface area contributed by atoms with E-state index < -0.39 is 5.97 Å². The fraction of sp³-hybridized carbons (Fsp3) is 0.308. The molecule has 2 aromatic rings. The van der Waals surface area contributed by atoms with Crippen molar-refractivity contribution in [2.75, 3.05) is 5.32 Å². The van der Waals surface area contributed by atoms with E-state index in [1.165, 1.54) is 12.4 Å². The largest absolute Gasteiger partial charge is 0.476 e. The zero-order valence-electron chi connectivity index (χ0n) is 11.9. The van der Waals surface area contributed by atoms with Gasteiger partial charge in [-0.2, -0.15) is 5.10 Å². The molecule has 0 aliphatic carbocycles. The highest BCUT2D eigenvalue weighted by Crippen LogP contribution is 2.14. The molecular formula is C13H15N5O3. The summed E-state index contributed by atoms with van der Waals surface area (Å²) in [6.45, 7) is 3.69. The number of carbonyl (C=O) groups is 2. The van der Waals surface area contributed by atoms with Gasteiger partial charge < -0.3 is 10.4 Å². The Morgan fingerprint density at radius 1 is 1.29 bits per heavy atom. The number of amides is 1. The average Bonchev–Trinajstić information content (AvgIpc) is 2.66. The molecular weight excluding hydrogens is 274 g/mol. The van der Waals surface area contributed by atoms with Gasteiger partial charge in [0.1, 0.15) is 0 Å². The molecule has 1 amide bonds. The van der Waals surface area contributed by atoms with Gasteiger partial charge in [-0.3, -0.25) is 9.48 Å². The van der Waals surface area contributed by atoms with Crippen LogP contribution in [0.2, 0.25) is 0 Å². The molecule has 0 saturated carbocycles. The Morgan fingerprint density at radius 3 is 2.52 bits per heavy atom. The van der Waals surface area contributed by atoms with Crippen molar-refractivity contribution < 1.29 is 14.7 Å². The standard InChI is InChI=1S/C13H15N5O3/c1-7-9(8(2)18(3)17-7)6-10(19)16-12-11(13(20)21)14-4-5-15-12/h4-5H,6H2,1-3H3,(H,20,21)(H,15,16,19). The van der Waals surface area contributed by atoms with Crippen molar-refractivity contribution in [3.05, 3.63) is 35.0 Å². The van der Waals surface area contributed by atoms with E-state index >= 15 is 0 Å². The van der Waals surface area contributed by atoms with Crippen molar-refractivity contribution in [3.63, 3.8) is 0 Å². The number of nitrogens with one attached hydrogen (secondary N) is 1. The van der Waals surface area contributed by atoms with Gasteiger partial charge in [-0.05, 0) is 13.8 Å². The molecule has 0 bridgehead atoms. The second-order valence-electron chi connectivity index (χ2n) is 4.56. The maximum Gasteiger partial charge on any atom is 0.358 e. The van der Waals surface area contributed by atoms with E-state index in [1.54, 1.807) is 11.7 Å². The Labute approximate surface area is 120 Å². The van der Waals surface area contributed by atoms with Crippen LogP contribution in [0.4, 0.5) is 5.82 Å². The molecule has 0 radical (unpaired) electrons. The minimum Gasteiger partial charge on any atom is -0.476 e. The quantitative estimate of drug-likeness (QED) is 0.857. The van der Waals surface area contributed by atoms with Crippen LogP contribution in [0, 0.1) is 13.8 Å². The number of carbonyl (C=O) groups excluding carboxylic acids is 1. The monoisotopic (exact) mass is 289 g/mol. The third kappa shape index (κ3) is 3.04. The van der Waals surface area contributed by atoms with Crippen molar-refractivity contribution in [2.24, 2.45) is 7.05 Å². The molecule has 2 heterocycles. The molecule has 8 heteroatoms. The molecule has 8 nitrogen and oxygen atoms in total. The Bertz CT molecular complexity index is 708. The van der Waals surface area contributed by atoms with Crippen LogP contribution in [0.5, 0.6) is 0 Å². The molecule has 0 fully saturated rings. The lowest BCUT2D eigenvalue weighted by molar-refractivity contribution is -0.115. The molecule has 0 unspecified atom stereocenters. The van der Waals surface area contributed by atoms with Crippen molar-refractivity contribution >= 4 is 17.7 Å². The number of hydrogen-bond donors (Lipinski definition) is 2. The molecule has 2 N–H and O–H groups in total. The van der Waals surface area contributed by atoms with Crippen LogP contribution in [0.15, 0.2) is 12.4 Å². The van der Waals surface area contributed by atoms with Crippen LogP contribution in [0.25, 0.3) is 0 Å². The zero-order chi connectivity index (χ0) is 15.6. The normalized spacial score (nSPS) is 10.4. The summed E-state index contributed by atoms with van der Waals surface area (Å²) in [6.07, 6.45) is 2.68. The number of carboxylic acid groups (broad SMARTS) is 1. The number of aromatic carboxylic acids is 1. The number of carboxylic acids is 1. The number of aromatic nitrogens is 4. The van der Waals surface area contributed by atoms with Gasteiger partial charge in [-0.25, -0.2) is 14.8 Å². The first-order chi connectivity index (χ1) is 9.90. The van der Waals surface area contributed by atoms with Crippen molar-refractivity contribution in [3.8, 4) is 0 Å². The molecule has 2 aromatic heterocycles. The highest BCUT2D eigenvalue weighted by atomic mass is 16.4. The van der Waals surface area contributed by atoms with Crippen LogP contribution in [-0.2, 0) is 18.3 Å². The zero-order valence-corrected chi connectivity index (χ0v) is 11.9. The number of rotatable bonds is 4. The number of aryl methyl sites for hydroxylation is 2. The summed E-state index contributed by atoms with van der Waals surface area (Å²) >= 11 is 0. The lowest BCUT2D eigenvalue weighted by Gasteiger charge is -2.06. The van der Waals surface area contributed by atoms with E-state index in [1.807, 2.05) is 13.8 Å². The summed E-state index contributed by atoms with van der Waals surface area (Å²) in [4.78, 5) is 30.6. The molecule has 21 heavy (non-hydrogen) atoms. The van der Waals surface area contributed by atoms with Crippen LogP contribution >= 0.6 is 0 Å². The minimum atomic E-state index is -1.24. The highest BCUT2D eigenvalue weighted by molar-refractivity contribution is 5.98. The fourth-order valence-electron chi connectivity index (χ4n) is 2.00. The van der Waals surface area contributed by atoms with E-state index in [2.05, 4.69) is 20.4 Å². The summed E-state index contributed by atoms with van der Waals surface area (Å²) < 4.78 is 1.70. The van der Waals surface area contributed by atoms with Gasteiger partial charge in [0.05, 0.1) is 12.1 Å². The predicted octanol–water partition coefficient (Wildman–Crippen LogP) is 0.706. The summed E-state index contributed by atoms with van der Waals surface area (Å²) in [5.41, 5.74) is 2.18. The van der Waals surface area contributed by atoms with Gasteiger partial charge in [0, 0.05) is 30.7 Å². The summed E-state index contributed by atoms with van der Waals surface area (Å²) in [7, 11) is 1.80. The maximum atomic E-state index is 12.1. The Kier molecular flexibility index (Phi) is 3.97. The molecule has 0 aliphatic heterocycles. The molecule has 110 valence electrons. The lowest BCUT2D eigenvalue weighted by Crippen LogP contribution is -2.19. The Hall–Kier alpha value is -2.77. The van der Waals surface area contributed by atoms with Gasteiger partial charge in [0.2, 0.25) is 5.91 Å². The summed E-state index contributed by atoms with van der Waals surface area (Å²) in [5.74, 6) is -1.67. The summed E-state index contributed by atoms with van der Waals surface area (Å²) in [5, 5.41) is 15.7. The minimum absolute atomic E-state index is 0.0609. The van der Waals surface area contributed by atoms with Crippen molar-refractivity contribution in [2.45, 2.75) is 20.3 Å². The maximum absolute atomic E-state index is 12.1. The molecule has 0 aromatic carbocycles. The van der Waals surface area contributed by atoms with Crippen LogP contribution in [0.3, 0.4) is 0 Å². The third-order valence-electron chi connectivity index (χ3n) is 3.15. The SMILES string of the molecule is Cc1nn(C)c(C)c1CC(=O)Nc1nccnc1C(=O)O. The number of nitrogens with zero attached hydrogens (tertiary/aromatic N) is 4. The summed E-state index contributed by atoms with van der Waals surface area (Å²) in [6, 6.07) is 0. The van der Waals surface area contributed by atoms with E-state index in [4.69, 9.17) is 5.11 Å². The topological polar surface area (TPSA) is 110 Å². The average molecular weight is 289 g/mol. The van der Waals surface area contributed by atoms with E-state index in [-0.39, 0.29) is 23.8 Å². The lowest BCUT2D eigenvalue weighted by atomic mass is 10.1. The second kappa shape index (κ2) is 5.70. The smallest absolute Gasteiger partial charge is 0.358 e. The molecule has 0 spiro atoms. The molecule has 2 rings (SSSR count). The van der Waals surface area contributed by atoms with E-state index in [9.17, 15) is 9.59 Å². The van der Waals surface area contributed by atoms with Crippen LogP contribution < -0.4 is 5.32 Å². The fourth-order valence-corrected chi connectivity index (χ4v) is 2.00. The number of hydrogen-bond acceptors (Lipinski definition) is 5. The van der Waals surface area contributed by atoms with Crippen LogP contribution in [0.1, 0.15) is 27.4 Å². The van der Waals surface area contributed by atoms with Crippen molar-refractivity contribution in [1.82, 2.24) is 19.7 Å². The first-order valence-corrected chi connectivity index (χ1v) is 6.23. The van der Waals surface area contributed by atoms with E-state index in [0.717, 1.165) is 17.0 Å². The van der Waals surface area contributed by atoms with Gasteiger partial charge in [0.15, 0.2) is 11.5 Å². The number of anilines is 1. The van der Waals surface area contributed by atoms with Gasteiger partial charge >= 0.3 is 5.97 Å². The Morgan fingerprint density at radius 2 is 1.95 bits per heavy atom. The first-order valence-electron chi connectivity index (χ1n) is 6.23. The third-order valence-corrected chi connectivity index (χ3v) is 3.15. The Balaban J connectivity index is 2.18. The van der Waals surface area contributed by atoms with Crippen molar-refractivity contribution in [1.29, 1.82) is 0 Å². The second-order valence-corrected chi connectivity index (χ2v) is 4.56. The first kappa shape index (κ1) is 14.6. The molecule has 0 atom stereocenters. The van der Waals surface area contributed by atoms with Gasteiger partial charge in [-0.1, -0.05) is 0 Å². The van der Waals surface area contributed by atoms with E-state index in [0.29, 0.717) is 0 Å². The highest BCUT2D eigenvalue weighted by Gasteiger charge is 2.17. The molecule has 0 saturated heterocycles. The van der Waals surface area contributed by atoms with Gasteiger partial charge in [0.25, 0.3) is 0 Å². The molecule has 0 aliphatic rings. The van der Waals surface area contributed by atoms with Crippen LogP contribution in [-0.4, -0.2) is 36.7 Å². The predicted molar refractivity (Wildman–Crippen MR) is 74.0 cm³/mol.